The summed E-state index contributed by atoms with van der Waals surface area (Å²) in [6.45, 7) is 2.32. The highest BCUT2D eigenvalue weighted by Gasteiger charge is 2.12. The van der Waals surface area contributed by atoms with Crippen molar-refractivity contribution in [1.82, 2.24) is 9.99 Å². The second kappa shape index (κ2) is 13.0. The molecule has 0 aliphatic rings. The van der Waals surface area contributed by atoms with Crippen LogP contribution >= 0.6 is 50.7 Å². The third-order valence-electron chi connectivity index (χ3n) is 6.30. The lowest BCUT2D eigenvalue weighted by Crippen LogP contribution is -2.17. The van der Waals surface area contributed by atoms with E-state index < -0.39 is 0 Å². The number of aryl methyl sites for hydroxylation is 1. The molecule has 0 aliphatic carbocycles. The third-order valence-corrected chi connectivity index (χ3v) is 7.91. The molecule has 0 radical (unpaired) electrons. The maximum absolute atomic E-state index is 12.7. The molecule has 1 N–H and O–H groups in total. The Bertz CT molecular complexity index is 1710. The van der Waals surface area contributed by atoms with Gasteiger partial charge < -0.3 is 9.30 Å². The quantitative estimate of drug-likeness (QED) is 0.132. The van der Waals surface area contributed by atoms with Crippen molar-refractivity contribution in [3.05, 3.63) is 139 Å². The maximum Gasteiger partial charge on any atom is 0.271 e. The molecule has 0 saturated heterocycles. The molecule has 0 spiro atoms. The largest absolute Gasteiger partial charge is 0.486 e. The van der Waals surface area contributed by atoms with Gasteiger partial charge in [-0.25, -0.2) is 5.43 Å². The van der Waals surface area contributed by atoms with E-state index in [2.05, 4.69) is 62.2 Å². The monoisotopic (exact) mass is 665 g/mol. The van der Waals surface area contributed by atoms with E-state index in [4.69, 9.17) is 39.5 Å². The van der Waals surface area contributed by atoms with Gasteiger partial charge in [-0.1, -0.05) is 71.2 Å². The number of rotatable bonds is 8. The summed E-state index contributed by atoms with van der Waals surface area (Å²) < 4.78 is 8.69. The lowest BCUT2D eigenvalue weighted by atomic mass is 10.1. The maximum atomic E-state index is 12.7. The summed E-state index contributed by atoms with van der Waals surface area (Å²) in [5.41, 5.74) is 8.85. The van der Waals surface area contributed by atoms with Crippen molar-refractivity contribution in [2.24, 2.45) is 5.10 Å². The van der Waals surface area contributed by atoms with Crippen LogP contribution in [-0.4, -0.2) is 16.7 Å². The number of halogens is 4. The van der Waals surface area contributed by atoms with Gasteiger partial charge in [0.15, 0.2) is 5.75 Å². The molecule has 1 heterocycles. The Morgan fingerprint density at radius 2 is 1.66 bits per heavy atom. The minimum absolute atomic E-state index is 0.259. The molecule has 0 saturated carbocycles. The van der Waals surface area contributed by atoms with E-state index in [-0.39, 0.29) is 12.5 Å². The Balaban J connectivity index is 1.23. The number of hydrazone groups is 1. The Morgan fingerprint density at radius 1 is 0.902 bits per heavy atom. The average molecular weight is 668 g/mol. The van der Waals surface area contributed by atoms with Crippen LogP contribution in [0.5, 0.6) is 5.75 Å². The van der Waals surface area contributed by atoms with Gasteiger partial charge in [-0.15, -0.1) is 0 Å². The van der Waals surface area contributed by atoms with Crippen molar-refractivity contribution in [2.75, 3.05) is 0 Å². The Morgan fingerprint density at radius 3 is 2.37 bits per heavy atom. The first-order valence-corrected chi connectivity index (χ1v) is 14.5. The van der Waals surface area contributed by atoms with Crippen molar-refractivity contribution in [1.29, 1.82) is 0 Å². The van der Waals surface area contributed by atoms with Gasteiger partial charge in [-0.3, -0.25) is 4.79 Å². The number of nitrogens with one attached hydrogen (secondary N) is 1. The molecule has 0 bridgehead atoms. The molecule has 206 valence electrons. The fourth-order valence-electron chi connectivity index (χ4n) is 4.28. The van der Waals surface area contributed by atoms with E-state index in [1.807, 2.05) is 36.4 Å². The highest BCUT2D eigenvalue weighted by Crippen LogP contribution is 2.35. The van der Waals surface area contributed by atoms with Crippen molar-refractivity contribution in [2.45, 2.75) is 13.5 Å². The van der Waals surface area contributed by atoms with Crippen LogP contribution in [0.2, 0.25) is 15.1 Å². The van der Waals surface area contributed by atoms with Crippen LogP contribution in [0, 0.1) is 6.92 Å². The van der Waals surface area contributed by atoms with Gasteiger partial charge in [0.05, 0.1) is 31.4 Å². The lowest BCUT2D eigenvalue weighted by Gasteiger charge is -2.13. The SMILES string of the molecule is Cc1ccc(-c2ccccc2)n1-c1ccc(C(=O)N/N=C/c2cc(Cl)c(OCc3ccc(Cl)c(Cl)c3)c(Br)c2)cc1. The second-order valence-electron chi connectivity index (χ2n) is 9.16. The minimum Gasteiger partial charge on any atom is -0.486 e. The van der Waals surface area contributed by atoms with Gasteiger partial charge in [0.2, 0.25) is 0 Å². The first-order chi connectivity index (χ1) is 19.8. The van der Waals surface area contributed by atoms with Crippen molar-refractivity contribution in [3.63, 3.8) is 0 Å². The number of ether oxygens (including phenoxy) is 1. The summed E-state index contributed by atoms with van der Waals surface area (Å²) in [6, 6.07) is 30.6. The molecule has 41 heavy (non-hydrogen) atoms. The zero-order valence-corrected chi connectivity index (χ0v) is 25.6. The fourth-order valence-corrected chi connectivity index (χ4v) is 5.59. The Hall–Kier alpha value is -3.55. The van der Waals surface area contributed by atoms with Gasteiger partial charge >= 0.3 is 0 Å². The summed E-state index contributed by atoms with van der Waals surface area (Å²) in [5.74, 6) is 0.152. The van der Waals surface area contributed by atoms with E-state index in [0.717, 1.165) is 28.2 Å². The van der Waals surface area contributed by atoms with Crippen LogP contribution in [0.4, 0.5) is 0 Å². The average Bonchev–Trinajstić information content (AvgIpc) is 3.36. The molecule has 0 aliphatic heterocycles. The fraction of sp³-hybridized carbons (Fsp3) is 0.0625. The molecular weight excluding hydrogens is 645 g/mol. The lowest BCUT2D eigenvalue weighted by molar-refractivity contribution is 0.0955. The molecule has 9 heteroatoms. The van der Waals surface area contributed by atoms with Gasteiger partial charge in [0.25, 0.3) is 5.91 Å². The highest BCUT2D eigenvalue weighted by molar-refractivity contribution is 9.10. The number of benzene rings is 4. The number of amides is 1. The molecule has 1 aromatic heterocycles. The first-order valence-electron chi connectivity index (χ1n) is 12.5. The summed E-state index contributed by atoms with van der Waals surface area (Å²) >= 11 is 22.0. The summed E-state index contributed by atoms with van der Waals surface area (Å²) in [5, 5.41) is 5.42. The molecular formula is C32H23BrCl3N3O2. The molecule has 0 fully saturated rings. The molecule has 5 aromatic rings. The Labute approximate surface area is 261 Å². The molecule has 1 amide bonds. The van der Waals surface area contributed by atoms with Crippen molar-refractivity contribution >= 4 is 62.9 Å². The summed E-state index contributed by atoms with van der Waals surface area (Å²) in [7, 11) is 0. The number of hydrogen-bond donors (Lipinski definition) is 1. The molecule has 0 atom stereocenters. The van der Waals surface area contributed by atoms with E-state index in [0.29, 0.717) is 36.4 Å². The van der Waals surface area contributed by atoms with Gasteiger partial charge in [0.1, 0.15) is 6.61 Å². The second-order valence-corrected chi connectivity index (χ2v) is 11.2. The van der Waals surface area contributed by atoms with Crippen LogP contribution in [0.25, 0.3) is 16.9 Å². The highest BCUT2D eigenvalue weighted by atomic mass is 79.9. The zero-order valence-electron chi connectivity index (χ0n) is 21.7. The van der Waals surface area contributed by atoms with E-state index in [9.17, 15) is 4.79 Å². The topological polar surface area (TPSA) is 55.6 Å². The first kappa shape index (κ1) is 29.0. The normalized spacial score (nSPS) is 11.1. The number of hydrogen-bond acceptors (Lipinski definition) is 3. The molecule has 4 aromatic carbocycles. The number of aromatic nitrogens is 1. The third kappa shape index (κ3) is 6.85. The van der Waals surface area contributed by atoms with E-state index in [1.165, 1.54) is 6.21 Å². The predicted molar refractivity (Wildman–Crippen MR) is 171 cm³/mol. The molecule has 0 unspecified atom stereocenters. The standard InChI is InChI=1S/C32H23BrCl3N3O2/c1-20-7-14-30(23-5-3-2-4-6-23)39(20)25-11-9-24(10-12-25)32(40)38-37-18-22-15-26(33)31(29(36)17-22)41-19-21-8-13-27(34)28(35)16-21/h2-18H,19H2,1H3,(H,38,40)/b37-18+. The van der Waals surface area contributed by atoms with Gasteiger partial charge in [-0.05, 0) is 100 Å². The minimum atomic E-state index is -0.327. The van der Waals surface area contributed by atoms with Crippen molar-refractivity contribution in [3.8, 4) is 22.7 Å². The van der Waals surface area contributed by atoms with E-state index in [1.54, 1.807) is 36.4 Å². The van der Waals surface area contributed by atoms with Gasteiger partial charge in [-0.2, -0.15) is 5.10 Å². The number of carbonyl (C=O) groups excluding carboxylic acids is 1. The number of carbonyl (C=O) groups is 1. The molecule has 5 nitrogen and oxygen atoms in total. The smallest absolute Gasteiger partial charge is 0.271 e. The van der Waals surface area contributed by atoms with E-state index >= 15 is 0 Å². The van der Waals surface area contributed by atoms with Crippen molar-refractivity contribution < 1.29 is 9.53 Å². The zero-order chi connectivity index (χ0) is 28.9. The summed E-state index contributed by atoms with van der Waals surface area (Å²) in [6.07, 6.45) is 1.51. The number of nitrogens with zero attached hydrogens (tertiary/aromatic N) is 2. The van der Waals surface area contributed by atoms with Crippen LogP contribution < -0.4 is 10.2 Å². The predicted octanol–water partition coefficient (Wildman–Crippen LogP) is 9.52. The molecule has 5 rings (SSSR count). The van der Waals surface area contributed by atoms with Crippen LogP contribution in [-0.2, 0) is 6.61 Å². The van der Waals surface area contributed by atoms with Gasteiger partial charge in [0, 0.05) is 16.9 Å². The van der Waals surface area contributed by atoms with Crippen LogP contribution in [0.1, 0.15) is 27.2 Å². The van der Waals surface area contributed by atoms with Crippen LogP contribution in [0.15, 0.2) is 107 Å². The Kier molecular flexibility index (Phi) is 9.15. The summed E-state index contributed by atoms with van der Waals surface area (Å²) in [4.78, 5) is 12.7. The van der Waals surface area contributed by atoms with Crippen LogP contribution in [0.3, 0.4) is 0 Å².